The molecule has 3 N–H and O–H groups in total. The molecule has 0 saturated carbocycles. The average molecular weight is 348 g/mol. The quantitative estimate of drug-likeness (QED) is 0.372. The molecule has 1 aromatic rings. The summed E-state index contributed by atoms with van der Waals surface area (Å²) in [5, 5.41) is 6.47. The second-order valence-corrected chi connectivity index (χ2v) is 6.77. The molecule has 1 aliphatic rings. The summed E-state index contributed by atoms with van der Waals surface area (Å²) in [7, 11) is 0. The monoisotopic (exact) mass is 348 g/mol. The first-order valence-corrected chi connectivity index (χ1v) is 8.09. The Morgan fingerprint density at radius 3 is 2.60 bits per heavy atom. The number of alkyl carbamates (subject to hydrolysis) is 1. The summed E-state index contributed by atoms with van der Waals surface area (Å²) >= 11 is 0. The molecule has 8 nitrogen and oxygen atoms in total. The van der Waals surface area contributed by atoms with E-state index in [1.165, 1.54) is 0 Å². The van der Waals surface area contributed by atoms with Crippen LogP contribution in [0.5, 0.6) is 0 Å². The maximum atomic E-state index is 11.8. The fraction of sp³-hybridized carbons (Fsp3) is 0.471. The van der Waals surface area contributed by atoms with E-state index in [4.69, 9.17) is 15.3 Å². The van der Waals surface area contributed by atoms with Crippen LogP contribution in [0.4, 0.5) is 4.79 Å². The maximum Gasteiger partial charge on any atom is 0.407 e. The normalized spacial score (nSPS) is 18.0. The Hall–Kier alpha value is -2.77. The molecule has 1 unspecified atom stereocenters. The van der Waals surface area contributed by atoms with Gasteiger partial charge in [0.05, 0.1) is 11.6 Å². The predicted molar refractivity (Wildman–Crippen MR) is 92.8 cm³/mol. The molecule has 0 spiro atoms. The van der Waals surface area contributed by atoms with Crippen molar-refractivity contribution in [2.75, 3.05) is 13.1 Å². The minimum atomic E-state index is -0.578. The Morgan fingerprint density at radius 1 is 1.28 bits per heavy atom. The Balaban J connectivity index is 1.82. The van der Waals surface area contributed by atoms with E-state index in [0.717, 1.165) is 0 Å². The molecule has 1 amide bonds. The molecule has 136 valence electrons. The van der Waals surface area contributed by atoms with Crippen LogP contribution in [-0.4, -0.2) is 47.7 Å². The number of benzene rings is 1. The van der Waals surface area contributed by atoms with Crippen molar-refractivity contribution in [1.29, 1.82) is 0 Å². The maximum absolute atomic E-state index is 11.8. The van der Waals surface area contributed by atoms with Crippen LogP contribution in [0.3, 0.4) is 0 Å². The Bertz CT molecular complexity index is 640. The van der Waals surface area contributed by atoms with E-state index in [9.17, 15) is 9.59 Å². The van der Waals surface area contributed by atoms with Crippen molar-refractivity contribution in [2.24, 2.45) is 10.9 Å². The highest BCUT2D eigenvalue weighted by Crippen LogP contribution is 2.12. The van der Waals surface area contributed by atoms with E-state index in [0.29, 0.717) is 25.1 Å². The van der Waals surface area contributed by atoms with Crippen LogP contribution >= 0.6 is 0 Å². The molecule has 2 rings (SSSR count). The van der Waals surface area contributed by atoms with Crippen molar-refractivity contribution in [3.63, 3.8) is 0 Å². The van der Waals surface area contributed by atoms with Gasteiger partial charge in [0.2, 0.25) is 5.96 Å². The van der Waals surface area contributed by atoms with Gasteiger partial charge in [-0.2, -0.15) is 0 Å². The largest absolute Gasteiger partial charge is 0.444 e. The number of carbonyl (C=O) groups excluding carboxylic acids is 2. The molecule has 0 aliphatic carbocycles. The summed E-state index contributed by atoms with van der Waals surface area (Å²) in [5.74, 6) is -0.482. The molecule has 1 atom stereocenters. The first-order chi connectivity index (χ1) is 11.7. The van der Waals surface area contributed by atoms with E-state index >= 15 is 0 Å². The average Bonchev–Trinajstić information content (AvgIpc) is 2.99. The number of hydrogen-bond donors (Lipinski definition) is 2. The minimum absolute atomic E-state index is 0.0952. The van der Waals surface area contributed by atoms with Gasteiger partial charge >= 0.3 is 12.1 Å². The lowest BCUT2D eigenvalue weighted by Gasteiger charge is -2.22. The first-order valence-electron chi connectivity index (χ1n) is 8.09. The molecule has 1 aliphatic heterocycles. The summed E-state index contributed by atoms with van der Waals surface area (Å²) in [6.45, 7) is 6.48. The SMILES string of the molecule is CC(C)(C)OC(=O)NC1CCN(/C(N)=N/OC(=O)c2ccccc2)C1. The van der Waals surface area contributed by atoms with Gasteiger partial charge in [-0.1, -0.05) is 18.2 Å². The van der Waals surface area contributed by atoms with Crippen LogP contribution in [0.25, 0.3) is 0 Å². The third-order valence-corrected chi connectivity index (χ3v) is 3.46. The third-order valence-electron chi connectivity index (χ3n) is 3.46. The number of hydrogen-bond acceptors (Lipinski definition) is 5. The molecule has 1 fully saturated rings. The standard InChI is InChI=1S/C17H24N4O4/c1-17(2,3)24-16(23)19-13-9-10-21(11-13)15(18)20-25-14(22)12-7-5-4-6-8-12/h4-8,13H,9-11H2,1-3H3,(H2,18,20)(H,19,23). The number of rotatable bonds is 3. The predicted octanol–water partition coefficient (Wildman–Crippen LogP) is 1.67. The molecule has 0 aromatic heterocycles. The second kappa shape index (κ2) is 7.87. The van der Waals surface area contributed by atoms with Crippen LogP contribution in [0.15, 0.2) is 35.5 Å². The number of ether oxygens (including phenoxy) is 1. The Labute approximate surface area is 146 Å². The smallest absolute Gasteiger partial charge is 0.407 e. The van der Waals surface area contributed by atoms with Crippen molar-refractivity contribution in [2.45, 2.75) is 38.8 Å². The number of nitrogens with two attached hydrogens (primary N) is 1. The van der Waals surface area contributed by atoms with Gasteiger partial charge in [0, 0.05) is 13.1 Å². The summed E-state index contributed by atoms with van der Waals surface area (Å²) in [5.41, 5.74) is 5.70. The van der Waals surface area contributed by atoms with Crippen molar-refractivity contribution < 1.29 is 19.2 Å². The van der Waals surface area contributed by atoms with Gasteiger partial charge in [-0.3, -0.25) is 0 Å². The zero-order valence-corrected chi connectivity index (χ0v) is 14.7. The van der Waals surface area contributed by atoms with Crippen LogP contribution in [0.1, 0.15) is 37.6 Å². The molecule has 25 heavy (non-hydrogen) atoms. The molecular weight excluding hydrogens is 324 g/mol. The molecule has 0 radical (unpaired) electrons. The number of amides is 1. The number of guanidine groups is 1. The number of oxime groups is 1. The lowest BCUT2D eigenvalue weighted by Crippen LogP contribution is -2.42. The van der Waals surface area contributed by atoms with E-state index in [2.05, 4.69) is 10.5 Å². The van der Waals surface area contributed by atoms with E-state index in [1.807, 2.05) is 0 Å². The molecule has 1 saturated heterocycles. The molecule has 1 heterocycles. The summed E-state index contributed by atoms with van der Waals surface area (Å²) in [6, 6.07) is 8.42. The van der Waals surface area contributed by atoms with Gasteiger partial charge in [-0.25, -0.2) is 9.59 Å². The number of carbonyl (C=O) groups is 2. The molecular formula is C17H24N4O4. The van der Waals surface area contributed by atoms with Gasteiger partial charge in [0.1, 0.15) is 5.60 Å². The molecule has 1 aromatic carbocycles. The van der Waals surface area contributed by atoms with E-state index < -0.39 is 17.7 Å². The number of likely N-dealkylation sites (tertiary alicyclic amines) is 1. The van der Waals surface area contributed by atoms with Gasteiger partial charge in [-0.15, -0.1) is 0 Å². The van der Waals surface area contributed by atoms with Crippen LogP contribution in [0, 0.1) is 0 Å². The molecule has 8 heteroatoms. The van der Waals surface area contributed by atoms with Crippen LogP contribution in [0.2, 0.25) is 0 Å². The van der Waals surface area contributed by atoms with Crippen molar-refractivity contribution in [3.05, 3.63) is 35.9 Å². The minimum Gasteiger partial charge on any atom is -0.444 e. The van der Waals surface area contributed by atoms with E-state index in [1.54, 1.807) is 56.0 Å². The zero-order valence-electron chi connectivity index (χ0n) is 14.7. The lowest BCUT2D eigenvalue weighted by molar-refractivity contribution is 0.0503. The highest BCUT2D eigenvalue weighted by molar-refractivity contribution is 5.90. The number of nitrogens with zero attached hydrogens (tertiary/aromatic N) is 2. The summed E-state index contributed by atoms with van der Waals surface area (Å²) < 4.78 is 5.22. The zero-order chi connectivity index (χ0) is 18.4. The fourth-order valence-electron chi connectivity index (χ4n) is 2.33. The third kappa shape index (κ3) is 5.98. The van der Waals surface area contributed by atoms with Crippen LogP contribution in [-0.2, 0) is 9.57 Å². The first kappa shape index (κ1) is 18.6. The van der Waals surface area contributed by atoms with Crippen LogP contribution < -0.4 is 11.1 Å². The lowest BCUT2D eigenvalue weighted by atomic mass is 10.2. The van der Waals surface area contributed by atoms with E-state index in [-0.39, 0.29) is 12.0 Å². The Kier molecular flexibility index (Phi) is 5.84. The van der Waals surface area contributed by atoms with Crippen molar-refractivity contribution >= 4 is 18.0 Å². The van der Waals surface area contributed by atoms with Crippen molar-refractivity contribution in [1.82, 2.24) is 10.2 Å². The summed E-state index contributed by atoms with van der Waals surface area (Å²) in [6.07, 6.45) is 0.229. The highest BCUT2D eigenvalue weighted by atomic mass is 16.7. The van der Waals surface area contributed by atoms with Gasteiger partial charge in [0.25, 0.3) is 0 Å². The Morgan fingerprint density at radius 2 is 1.96 bits per heavy atom. The van der Waals surface area contributed by atoms with Gasteiger partial charge in [0.15, 0.2) is 0 Å². The fourth-order valence-corrected chi connectivity index (χ4v) is 2.33. The van der Waals surface area contributed by atoms with Gasteiger partial charge in [-0.05, 0) is 44.5 Å². The topological polar surface area (TPSA) is 106 Å². The molecule has 0 bridgehead atoms. The second-order valence-electron chi connectivity index (χ2n) is 6.77. The van der Waals surface area contributed by atoms with Crippen molar-refractivity contribution in [3.8, 4) is 0 Å². The highest BCUT2D eigenvalue weighted by Gasteiger charge is 2.27. The number of nitrogens with one attached hydrogen (secondary N) is 1. The summed E-state index contributed by atoms with van der Waals surface area (Å²) in [4.78, 5) is 30.2. The van der Waals surface area contributed by atoms with Gasteiger partial charge < -0.3 is 25.5 Å².